The molecule has 0 fully saturated rings. The van der Waals surface area contributed by atoms with Crippen molar-refractivity contribution in [3.8, 4) is 5.75 Å². The van der Waals surface area contributed by atoms with E-state index in [1.165, 1.54) is 7.05 Å². The zero-order valence-corrected chi connectivity index (χ0v) is 14.4. The van der Waals surface area contributed by atoms with Crippen LogP contribution in [0.2, 0.25) is 0 Å². The molecular weight excluding hydrogens is 318 g/mol. The molecule has 0 aliphatic rings. The highest BCUT2D eigenvalue weighted by atomic mass is 16.5. The van der Waals surface area contributed by atoms with Gasteiger partial charge in [0.15, 0.2) is 0 Å². The number of carbonyl (C=O) groups is 2. The van der Waals surface area contributed by atoms with Crippen LogP contribution in [0, 0.1) is 0 Å². The first-order valence-electron chi connectivity index (χ1n) is 8.08. The predicted molar refractivity (Wildman–Crippen MR) is 96.5 cm³/mol. The van der Waals surface area contributed by atoms with Crippen LogP contribution in [0.1, 0.15) is 17.2 Å². The molecule has 0 saturated carbocycles. The number of hydrogen-bond acceptors (Lipinski definition) is 4. The van der Waals surface area contributed by atoms with Crippen LogP contribution < -0.4 is 20.7 Å². The molecular formula is C19H23N3O3. The third-order valence-corrected chi connectivity index (χ3v) is 3.78. The molecule has 0 heterocycles. The van der Waals surface area contributed by atoms with Crippen molar-refractivity contribution in [2.45, 2.75) is 12.5 Å². The lowest BCUT2D eigenvalue weighted by molar-refractivity contribution is -0.122. The molecule has 0 aliphatic carbocycles. The quantitative estimate of drug-likeness (QED) is 0.720. The van der Waals surface area contributed by atoms with Crippen molar-refractivity contribution in [1.82, 2.24) is 16.0 Å². The summed E-state index contributed by atoms with van der Waals surface area (Å²) in [5.74, 6) is 0.420. The second kappa shape index (κ2) is 9.44. The Morgan fingerprint density at radius 2 is 1.72 bits per heavy atom. The molecule has 0 bridgehead atoms. The number of urea groups is 1. The third-order valence-electron chi connectivity index (χ3n) is 3.78. The third kappa shape index (κ3) is 5.61. The average molecular weight is 341 g/mol. The van der Waals surface area contributed by atoms with Gasteiger partial charge >= 0.3 is 6.03 Å². The number of amides is 3. The van der Waals surface area contributed by atoms with Crippen LogP contribution in [0.3, 0.4) is 0 Å². The molecule has 2 rings (SSSR count). The molecule has 3 N–H and O–H groups in total. The number of rotatable bonds is 7. The van der Waals surface area contributed by atoms with E-state index in [4.69, 9.17) is 4.74 Å². The maximum Gasteiger partial charge on any atom is 0.321 e. The van der Waals surface area contributed by atoms with E-state index >= 15 is 0 Å². The summed E-state index contributed by atoms with van der Waals surface area (Å²) in [6.45, 7) is 0.590. The number of ether oxygens (including phenoxy) is 1. The number of imide groups is 1. The Labute approximate surface area is 147 Å². The highest BCUT2D eigenvalue weighted by Gasteiger charge is 2.21. The maximum atomic E-state index is 12.4. The van der Waals surface area contributed by atoms with E-state index in [9.17, 15) is 9.59 Å². The van der Waals surface area contributed by atoms with E-state index in [1.807, 2.05) is 54.6 Å². The Hall–Kier alpha value is -2.86. The van der Waals surface area contributed by atoms with Gasteiger partial charge < -0.3 is 15.4 Å². The average Bonchev–Trinajstić information content (AvgIpc) is 2.66. The Morgan fingerprint density at radius 3 is 2.32 bits per heavy atom. The van der Waals surface area contributed by atoms with Crippen molar-refractivity contribution in [2.75, 3.05) is 20.7 Å². The van der Waals surface area contributed by atoms with Crippen LogP contribution >= 0.6 is 0 Å². The molecule has 132 valence electrons. The number of hydrogen-bond donors (Lipinski definition) is 3. The molecule has 0 radical (unpaired) electrons. The van der Waals surface area contributed by atoms with Gasteiger partial charge in [-0.2, -0.15) is 0 Å². The van der Waals surface area contributed by atoms with Crippen LogP contribution in [0.25, 0.3) is 0 Å². The van der Waals surface area contributed by atoms with Crippen LogP contribution in [0.5, 0.6) is 5.75 Å². The fourth-order valence-corrected chi connectivity index (χ4v) is 2.41. The molecule has 6 nitrogen and oxygen atoms in total. The minimum absolute atomic E-state index is 0.389. The van der Waals surface area contributed by atoms with Crippen LogP contribution in [-0.4, -0.2) is 32.6 Å². The van der Waals surface area contributed by atoms with Gasteiger partial charge in [-0.25, -0.2) is 4.79 Å². The number of benzene rings is 2. The highest BCUT2D eigenvalue weighted by Crippen LogP contribution is 2.14. The Morgan fingerprint density at radius 1 is 1.04 bits per heavy atom. The Bertz CT molecular complexity index is 687. The lowest BCUT2D eigenvalue weighted by atomic mass is 10.1. The second-order valence-electron chi connectivity index (χ2n) is 5.46. The summed E-state index contributed by atoms with van der Waals surface area (Å²) in [6, 6.07) is 16.0. The van der Waals surface area contributed by atoms with E-state index < -0.39 is 12.1 Å². The minimum Gasteiger partial charge on any atom is -0.497 e. The van der Waals surface area contributed by atoms with Crippen LogP contribution in [0.4, 0.5) is 4.79 Å². The summed E-state index contributed by atoms with van der Waals surface area (Å²) < 4.78 is 5.14. The van der Waals surface area contributed by atoms with Crippen LogP contribution in [-0.2, 0) is 11.2 Å². The Kier molecular flexibility index (Phi) is 6.98. The van der Waals surface area contributed by atoms with Gasteiger partial charge in [0.2, 0.25) is 5.91 Å². The lowest BCUT2D eigenvalue weighted by Crippen LogP contribution is -2.44. The van der Waals surface area contributed by atoms with E-state index in [1.54, 1.807) is 7.11 Å². The summed E-state index contributed by atoms with van der Waals surface area (Å²) in [7, 11) is 3.10. The van der Waals surface area contributed by atoms with Gasteiger partial charge in [0.1, 0.15) is 11.8 Å². The van der Waals surface area contributed by atoms with Gasteiger partial charge in [-0.05, 0) is 29.7 Å². The van der Waals surface area contributed by atoms with Crippen molar-refractivity contribution in [2.24, 2.45) is 0 Å². The van der Waals surface area contributed by atoms with E-state index in [0.717, 1.165) is 23.3 Å². The number of nitrogens with one attached hydrogen (secondary N) is 3. The smallest absolute Gasteiger partial charge is 0.321 e. The van der Waals surface area contributed by atoms with Crippen molar-refractivity contribution in [3.05, 3.63) is 65.7 Å². The van der Waals surface area contributed by atoms with E-state index in [-0.39, 0.29) is 5.91 Å². The van der Waals surface area contributed by atoms with Gasteiger partial charge in [0, 0.05) is 13.6 Å². The molecule has 0 spiro atoms. The summed E-state index contributed by atoms with van der Waals surface area (Å²) in [5, 5.41) is 7.93. The molecule has 2 aromatic rings. The first kappa shape index (κ1) is 18.5. The predicted octanol–water partition coefficient (Wildman–Crippen LogP) is 2.02. The van der Waals surface area contributed by atoms with Gasteiger partial charge in [0.25, 0.3) is 0 Å². The molecule has 0 aromatic heterocycles. The summed E-state index contributed by atoms with van der Waals surface area (Å²) in [6.07, 6.45) is 0.751. The van der Waals surface area contributed by atoms with Crippen molar-refractivity contribution in [3.63, 3.8) is 0 Å². The van der Waals surface area contributed by atoms with Crippen molar-refractivity contribution in [1.29, 1.82) is 0 Å². The lowest BCUT2D eigenvalue weighted by Gasteiger charge is -2.18. The van der Waals surface area contributed by atoms with Crippen molar-refractivity contribution >= 4 is 11.9 Å². The van der Waals surface area contributed by atoms with E-state index in [2.05, 4.69) is 16.0 Å². The molecule has 2 aromatic carbocycles. The highest BCUT2D eigenvalue weighted by molar-refractivity contribution is 5.97. The zero-order valence-electron chi connectivity index (χ0n) is 14.4. The molecule has 0 saturated heterocycles. The van der Waals surface area contributed by atoms with Gasteiger partial charge in [-0.1, -0.05) is 42.5 Å². The molecule has 1 unspecified atom stereocenters. The van der Waals surface area contributed by atoms with Gasteiger partial charge in [-0.15, -0.1) is 0 Å². The topological polar surface area (TPSA) is 79.5 Å². The Balaban J connectivity index is 2.00. The number of methoxy groups -OCH3 is 1. The summed E-state index contributed by atoms with van der Waals surface area (Å²) in [4.78, 5) is 23.8. The maximum absolute atomic E-state index is 12.4. The SMILES string of the molecule is CNC(=O)NC(=O)C(NCCc1ccc(OC)cc1)c1ccccc1. The molecule has 0 aliphatic heterocycles. The molecule has 3 amide bonds. The summed E-state index contributed by atoms with van der Waals surface area (Å²) >= 11 is 0. The summed E-state index contributed by atoms with van der Waals surface area (Å²) in [5.41, 5.74) is 1.94. The molecule has 1 atom stereocenters. The normalized spacial score (nSPS) is 11.4. The number of carbonyl (C=O) groups excluding carboxylic acids is 2. The second-order valence-corrected chi connectivity index (χ2v) is 5.46. The van der Waals surface area contributed by atoms with Crippen molar-refractivity contribution < 1.29 is 14.3 Å². The van der Waals surface area contributed by atoms with E-state index in [0.29, 0.717) is 6.54 Å². The molecule has 6 heteroatoms. The first-order valence-corrected chi connectivity index (χ1v) is 8.08. The zero-order chi connectivity index (χ0) is 18.1. The van der Waals surface area contributed by atoms with Gasteiger partial charge in [0.05, 0.1) is 7.11 Å². The monoisotopic (exact) mass is 341 g/mol. The standard InChI is InChI=1S/C19H23N3O3/c1-20-19(24)22-18(23)17(15-6-4-3-5-7-15)21-13-12-14-8-10-16(25-2)11-9-14/h3-11,17,21H,12-13H2,1-2H3,(H2,20,22,23,24). The first-order chi connectivity index (χ1) is 12.1. The van der Waals surface area contributed by atoms with Crippen LogP contribution in [0.15, 0.2) is 54.6 Å². The molecule has 25 heavy (non-hydrogen) atoms. The fourth-order valence-electron chi connectivity index (χ4n) is 2.41. The fraction of sp³-hybridized carbons (Fsp3) is 0.263. The van der Waals surface area contributed by atoms with Gasteiger partial charge in [-0.3, -0.25) is 10.1 Å². The minimum atomic E-state index is -0.600. The largest absolute Gasteiger partial charge is 0.497 e.